The second-order valence-corrected chi connectivity index (χ2v) is 4.84. The lowest BCUT2D eigenvalue weighted by Gasteiger charge is -2.24. The summed E-state index contributed by atoms with van der Waals surface area (Å²) in [5, 5.41) is 5.86. The number of methoxy groups -OCH3 is 1. The van der Waals surface area contributed by atoms with Gasteiger partial charge in [-0.15, -0.1) is 0 Å². The average molecular weight is 248 g/mol. The Hall–Kier alpha value is -2.04. The predicted octanol–water partition coefficient (Wildman–Crippen LogP) is 1.54. The van der Waals surface area contributed by atoms with E-state index in [9.17, 15) is 9.59 Å². The van der Waals surface area contributed by atoms with E-state index in [1.807, 2.05) is 18.2 Å². The summed E-state index contributed by atoms with van der Waals surface area (Å²) in [6, 6.07) is 5.53. The molecule has 2 rings (SSSR count). The molecule has 96 valence electrons. The molecule has 0 aromatic heterocycles. The van der Waals surface area contributed by atoms with Gasteiger partial charge >= 0.3 is 5.97 Å². The zero-order chi connectivity index (χ0) is 13.3. The Morgan fingerprint density at radius 2 is 2.17 bits per heavy atom. The molecule has 2 N–H and O–H groups in total. The van der Waals surface area contributed by atoms with E-state index >= 15 is 0 Å². The number of carbonyl (C=O) groups is 2. The first-order valence-corrected chi connectivity index (χ1v) is 5.72. The van der Waals surface area contributed by atoms with Crippen molar-refractivity contribution in [2.75, 3.05) is 17.7 Å². The minimum absolute atomic E-state index is 0.00521. The SMILES string of the molecule is COC(=O)C(C)(C)Nc1ccc2c(c1)CC(=O)N2. The summed E-state index contributed by atoms with van der Waals surface area (Å²) in [6.07, 6.45) is 0.378. The molecule has 0 bridgehead atoms. The summed E-state index contributed by atoms with van der Waals surface area (Å²) in [6.45, 7) is 3.49. The number of carbonyl (C=O) groups excluding carboxylic acids is 2. The van der Waals surface area contributed by atoms with Crippen LogP contribution >= 0.6 is 0 Å². The van der Waals surface area contributed by atoms with Gasteiger partial charge in [-0.3, -0.25) is 4.79 Å². The number of rotatable bonds is 3. The van der Waals surface area contributed by atoms with Gasteiger partial charge in [0.2, 0.25) is 5.91 Å². The van der Waals surface area contributed by atoms with E-state index in [1.54, 1.807) is 13.8 Å². The molecule has 1 aliphatic heterocycles. The minimum Gasteiger partial charge on any atom is -0.467 e. The van der Waals surface area contributed by atoms with Gasteiger partial charge in [0.15, 0.2) is 0 Å². The number of esters is 1. The third kappa shape index (κ3) is 2.30. The molecule has 0 saturated heterocycles. The van der Waals surface area contributed by atoms with Gasteiger partial charge in [0, 0.05) is 11.4 Å². The van der Waals surface area contributed by atoms with Crippen LogP contribution < -0.4 is 10.6 Å². The fraction of sp³-hybridized carbons (Fsp3) is 0.385. The van der Waals surface area contributed by atoms with Crippen molar-refractivity contribution in [1.82, 2.24) is 0 Å². The predicted molar refractivity (Wildman–Crippen MR) is 68.5 cm³/mol. The Morgan fingerprint density at radius 3 is 2.83 bits per heavy atom. The third-order valence-electron chi connectivity index (χ3n) is 2.88. The Balaban J connectivity index is 2.19. The van der Waals surface area contributed by atoms with E-state index in [0.717, 1.165) is 16.9 Å². The first-order valence-electron chi connectivity index (χ1n) is 5.72. The van der Waals surface area contributed by atoms with E-state index in [-0.39, 0.29) is 11.9 Å². The van der Waals surface area contributed by atoms with Crippen molar-refractivity contribution in [1.29, 1.82) is 0 Å². The van der Waals surface area contributed by atoms with Crippen LogP contribution in [-0.2, 0) is 20.7 Å². The highest BCUT2D eigenvalue weighted by Gasteiger charge is 2.29. The van der Waals surface area contributed by atoms with Crippen molar-refractivity contribution in [3.63, 3.8) is 0 Å². The van der Waals surface area contributed by atoms with Crippen LogP contribution in [0.1, 0.15) is 19.4 Å². The number of nitrogens with one attached hydrogen (secondary N) is 2. The van der Waals surface area contributed by atoms with Gasteiger partial charge in [-0.2, -0.15) is 0 Å². The monoisotopic (exact) mass is 248 g/mol. The maximum absolute atomic E-state index is 11.6. The molecule has 0 fully saturated rings. The van der Waals surface area contributed by atoms with Crippen molar-refractivity contribution in [2.45, 2.75) is 25.8 Å². The molecule has 0 radical (unpaired) electrons. The molecule has 0 unspecified atom stereocenters. The largest absolute Gasteiger partial charge is 0.467 e. The van der Waals surface area contributed by atoms with Crippen molar-refractivity contribution in [3.8, 4) is 0 Å². The molecule has 0 atom stereocenters. The number of amides is 1. The normalized spacial score (nSPS) is 13.8. The number of benzene rings is 1. The molecule has 1 aromatic rings. The summed E-state index contributed by atoms with van der Waals surface area (Å²) in [5.74, 6) is -0.341. The van der Waals surface area contributed by atoms with Crippen molar-refractivity contribution in [2.24, 2.45) is 0 Å². The Bertz CT molecular complexity index is 509. The molecule has 1 aromatic carbocycles. The Labute approximate surface area is 106 Å². The third-order valence-corrected chi connectivity index (χ3v) is 2.88. The summed E-state index contributed by atoms with van der Waals surface area (Å²) in [5.41, 5.74) is 1.76. The van der Waals surface area contributed by atoms with E-state index in [1.165, 1.54) is 7.11 Å². The maximum atomic E-state index is 11.6. The summed E-state index contributed by atoms with van der Waals surface area (Å²) in [4.78, 5) is 22.8. The van der Waals surface area contributed by atoms with E-state index in [0.29, 0.717) is 6.42 Å². The lowest BCUT2D eigenvalue weighted by molar-refractivity contribution is -0.144. The Morgan fingerprint density at radius 1 is 1.44 bits per heavy atom. The van der Waals surface area contributed by atoms with E-state index in [4.69, 9.17) is 4.74 Å². The summed E-state index contributed by atoms with van der Waals surface area (Å²) in [7, 11) is 1.36. The molecule has 0 aliphatic carbocycles. The van der Waals surface area contributed by atoms with Gasteiger partial charge in [0.1, 0.15) is 5.54 Å². The van der Waals surface area contributed by atoms with Crippen LogP contribution in [-0.4, -0.2) is 24.5 Å². The quantitative estimate of drug-likeness (QED) is 0.796. The van der Waals surface area contributed by atoms with Crippen molar-refractivity contribution >= 4 is 23.3 Å². The van der Waals surface area contributed by atoms with Crippen molar-refractivity contribution < 1.29 is 14.3 Å². The zero-order valence-electron chi connectivity index (χ0n) is 10.7. The van der Waals surface area contributed by atoms with Gasteiger partial charge < -0.3 is 15.4 Å². The molecule has 18 heavy (non-hydrogen) atoms. The van der Waals surface area contributed by atoms with Gasteiger partial charge in [-0.1, -0.05) is 0 Å². The molecule has 1 heterocycles. The fourth-order valence-electron chi connectivity index (χ4n) is 1.97. The van der Waals surface area contributed by atoms with E-state index < -0.39 is 5.54 Å². The number of fused-ring (bicyclic) bond motifs is 1. The smallest absolute Gasteiger partial charge is 0.330 e. The topological polar surface area (TPSA) is 67.4 Å². The van der Waals surface area contributed by atoms with Crippen LogP contribution in [0.5, 0.6) is 0 Å². The average Bonchev–Trinajstić information content (AvgIpc) is 2.66. The minimum atomic E-state index is -0.807. The molecular formula is C13H16N2O3. The highest BCUT2D eigenvalue weighted by molar-refractivity contribution is 5.99. The number of hydrogen-bond donors (Lipinski definition) is 2. The van der Waals surface area contributed by atoms with Crippen LogP contribution in [0.25, 0.3) is 0 Å². The molecule has 1 amide bonds. The Kier molecular flexibility index (Phi) is 2.98. The highest BCUT2D eigenvalue weighted by Crippen LogP contribution is 2.27. The lowest BCUT2D eigenvalue weighted by Crippen LogP contribution is -2.41. The van der Waals surface area contributed by atoms with Gasteiger partial charge in [0.25, 0.3) is 0 Å². The van der Waals surface area contributed by atoms with Crippen LogP contribution in [0.2, 0.25) is 0 Å². The van der Waals surface area contributed by atoms with Gasteiger partial charge in [-0.25, -0.2) is 4.79 Å². The fourth-order valence-corrected chi connectivity index (χ4v) is 1.97. The molecule has 1 aliphatic rings. The van der Waals surface area contributed by atoms with E-state index in [2.05, 4.69) is 10.6 Å². The van der Waals surface area contributed by atoms with Gasteiger partial charge in [0.05, 0.1) is 13.5 Å². The van der Waals surface area contributed by atoms with Crippen LogP contribution in [0, 0.1) is 0 Å². The number of ether oxygens (including phenoxy) is 1. The first-order chi connectivity index (χ1) is 8.42. The molecule has 0 saturated carbocycles. The zero-order valence-corrected chi connectivity index (χ0v) is 10.7. The second-order valence-electron chi connectivity index (χ2n) is 4.84. The number of anilines is 2. The first kappa shape index (κ1) is 12.4. The maximum Gasteiger partial charge on any atom is 0.330 e. The van der Waals surface area contributed by atoms with Crippen LogP contribution in [0.3, 0.4) is 0 Å². The summed E-state index contributed by atoms with van der Waals surface area (Å²) < 4.78 is 4.73. The summed E-state index contributed by atoms with van der Waals surface area (Å²) >= 11 is 0. The number of hydrogen-bond acceptors (Lipinski definition) is 4. The molecule has 0 spiro atoms. The standard InChI is InChI=1S/C13H16N2O3/c1-13(2,12(17)18-3)15-9-4-5-10-8(6-9)7-11(16)14-10/h4-6,15H,7H2,1-3H3,(H,14,16). The molecular weight excluding hydrogens is 232 g/mol. The highest BCUT2D eigenvalue weighted by atomic mass is 16.5. The van der Waals surface area contributed by atoms with Crippen molar-refractivity contribution in [3.05, 3.63) is 23.8 Å². The lowest BCUT2D eigenvalue weighted by atomic mass is 10.0. The molecule has 5 nitrogen and oxygen atoms in total. The van der Waals surface area contributed by atoms with Crippen LogP contribution in [0.15, 0.2) is 18.2 Å². The second kappa shape index (κ2) is 4.33. The van der Waals surface area contributed by atoms with Gasteiger partial charge in [-0.05, 0) is 37.6 Å². The molecule has 5 heteroatoms. The van der Waals surface area contributed by atoms with Crippen LogP contribution in [0.4, 0.5) is 11.4 Å².